The molecule has 33 heavy (non-hydrogen) atoms. The first kappa shape index (κ1) is 23.2. The summed E-state index contributed by atoms with van der Waals surface area (Å²) < 4.78 is 7.64. The Hall–Kier alpha value is -2.96. The van der Waals surface area contributed by atoms with Crippen LogP contribution in [0.2, 0.25) is 0 Å². The molecule has 0 aliphatic rings. The lowest BCUT2D eigenvalue weighted by atomic mass is 10.1. The van der Waals surface area contributed by atoms with Gasteiger partial charge in [-0.1, -0.05) is 6.07 Å². The summed E-state index contributed by atoms with van der Waals surface area (Å²) in [6.07, 6.45) is 8.13. The van der Waals surface area contributed by atoms with Gasteiger partial charge in [-0.25, -0.2) is 0 Å². The number of hydrogen-bond acceptors (Lipinski definition) is 5. The molecule has 3 heterocycles. The fraction of sp³-hybridized carbons (Fsp3) is 0.333. The number of rotatable bonds is 12. The van der Waals surface area contributed by atoms with Gasteiger partial charge in [0.1, 0.15) is 5.75 Å². The zero-order chi connectivity index (χ0) is 22.9. The van der Waals surface area contributed by atoms with Crippen molar-refractivity contribution in [2.45, 2.75) is 32.2 Å². The number of unbranched alkanes of at least 4 members (excludes halogenated alkanes) is 2. The third-order valence-electron chi connectivity index (χ3n) is 5.91. The fourth-order valence-corrected chi connectivity index (χ4v) is 4.66. The summed E-state index contributed by atoms with van der Waals surface area (Å²) in [7, 11) is 1.80. The van der Waals surface area contributed by atoms with Crippen molar-refractivity contribution >= 4 is 22.2 Å². The molecule has 0 atom stereocenters. The highest BCUT2D eigenvalue weighted by Gasteiger charge is 2.08. The van der Waals surface area contributed by atoms with Gasteiger partial charge in [0.15, 0.2) is 0 Å². The Balaban J connectivity index is 1.21. The standard InChI is InChI=1S/C27H31N3O2S/c1-29-26-9-8-25(18-24(26)7-10-27(29)31)32-16-4-2-3-14-30(20-23-12-17-33-21-23)15-11-22-6-5-13-28-19-22/h5-10,12-13,17-19,21H,2-4,11,14-16,20H2,1H3. The predicted molar refractivity (Wildman–Crippen MR) is 136 cm³/mol. The molecule has 0 N–H and O–H groups in total. The van der Waals surface area contributed by atoms with E-state index in [4.69, 9.17) is 4.74 Å². The molecule has 0 saturated heterocycles. The van der Waals surface area contributed by atoms with Crippen LogP contribution in [0.15, 0.2) is 76.5 Å². The first-order valence-electron chi connectivity index (χ1n) is 11.5. The third kappa shape index (κ3) is 6.76. The van der Waals surface area contributed by atoms with Crippen LogP contribution in [-0.4, -0.2) is 34.1 Å². The van der Waals surface area contributed by atoms with Crippen molar-refractivity contribution in [2.24, 2.45) is 7.05 Å². The second kappa shape index (κ2) is 11.8. The molecule has 0 aliphatic carbocycles. The monoisotopic (exact) mass is 461 g/mol. The molecular formula is C27H31N3O2S. The highest BCUT2D eigenvalue weighted by atomic mass is 32.1. The Morgan fingerprint density at radius 1 is 1.03 bits per heavy atom. The summed E-state index contributed by atoms with van der Waals surface area (Å²) >= 11 is 1.76. The van der Waals surface area contributed by atoms with Crippen molar-refractivity contribution in [1.82, 2.24) is 14.5 Å². The maximum Gasteiger partial charge on any atom is 0.250 e. The van der Waals surface area contributed by atoms with E-state index in [2.05, 4.69) is 32.8 Å². The van der Waals surface area contributed by atoms with Gasteiger partial charge in [0.2, 0.25) is 0 Å². The molecule has 0 amide bonds. The first-order valence-corrected chi connectivity index (χ1v) is 12.5. The lowest BCUT2D eigenvalue weighted by Gasteiger charge is -2.22. The molecule has 0 bridgehead atoms. The number of ether oxygens (including phenoxy) is 1. The minimum absolute atomic E-state index is 0.00430. The number of hydrogen-bond donors (Lipinski definition) is 0. The van der Waals surface area contributed by atoms with Gasteiger partial charge in [-0.15, -0.1) is 0 Å². The van der Waals surface area contributed by atoms with Gasteiger partial charge in [-0.2, -0.15) is 11.3 Å². The number of benzene rings is 1. The Bertz CT molecular complexity index is 1190. The van der Waals surface area contributed by atoms with Crippen LogP contribution in [0.5, 0.6) is 5.75 Å². The van der Waals surface area contributed by atoms with Gasteiger partial charge < -0.3 is 9.30 Å². The molecule has 172 valence electrons. The van der Waals surface area contributed by atoms with E-state index in [1.807, 2.05) is 42.7 Å². The zero-order valence-corrected chi connectivity index (χ0v) is 20.0. The lowest BCUT2D eigenvalue weighted by Crippen LogP contribution is -2.26. The highest BCUT2D eigenvalue weighted by molar-refractivity contribution is 7.07. The average Bonchev–Trinajstić information content (AvgIpc) is 3.36. The predicted octanol–water partition coefficient (Wildman–Crippen LogP) is 5.29. The minimum Gasteiger partial charge on any atom is -0.494 e. The highest BCUT2D eigenvalue weighted by Crippen LogP contribution is 2.20. The molecule has 0 saturated carbocycles. The van der Waals surface area contributed by atoms with Crippen LogP contribution < -0.4 is 10.3 Å². The maximum absolute atomic E-state index is 11.8. The molecular weight excluding hydrogens is 430 g/mol. The van der Waals surface area contributed by atoms with Crippen LogP contribution in [0.3, 0.4) is 0 Å². The quantitative estimate of drug-likeness (QED) is 0.269. The van der Waals surface area contributed by atoms with E-state index in [1.165, 1.54) is 11.1 Å². The molecule has 4 rings (SSSR count). The normalized spacial score (nSPS) is 11.3. The first-order chi connectivity index (χ1) is 16.2. The van der Waals surface area contributed by atoms with Crippen LogP contribution in [0, 0.1) is 0 Å². The average molecular weight is 462 g/mol. The van der Waals surface area contributed by atoms with Crippen molar-refractivity contribution in [3.05, 3.63) is 93.2 Å². The van der Waals surface area contributed by atoms with Crippen LogP contribution in [0.25, 0.3) is 10.9 Å². The van der Waals surface area contributed by atoms with Crippen LogP contribution in [0.1, 0.15) is 30.4 Å². The van der Waals surface area contributed by atoms with E-state index in [0.29, 0.717) is 6.61 Å². The van der Waals surface area contributed by atoms with Crippen molar-refractivity contribution in [3.8, 4) is 5.75 Å². The van der Waals surface area contributed by atoms with Gasteiger partial charge in [-0.3, -0.25) is 14.7 Å². The van der Waals surface area contributed by atoms with Crippen molar-refractivity contribution in [3.63, 3.8) is 0 Å². The van der Waals surface area contributed by atoms with E-state index in [-0.39, 0.29) is 5.56 Å². The number of aromatic nitrogens is 2. The molecule has 0 radical (unpaired) electrons. The number of fused-ring (bicyclic) bond motifs is 1. The van der Waals surface area contributed by atoms with E-state index < -0.39 is 0 Å². The SMILES string of the molecule is Cn1c(=O)ccc2cc(OCCCCCN(CCc3cccnc3)Cc3ccsc3)ccc21. The number of pyridine rings is 2. The number of aryl methyl sites for hydroxylation is 1. The van der Waals surface area contributed by atoms with Gasteiger partial charge in [0.25, 0.3) is 5.56 Å². The van der Waals surface area contributed by atoms with Crippen molar-refractivity contribution in [1.29, 1.82) is 0 Å². The van der Waals surface area contributed by atoms with Crippen LogP contribution in [-0.2, 0) is 20.0 Å². The van der Waals surface area contributed by atoms with Crippen LogP contribution in [0.4, 0.5) is 0 Å². The molecule has 0 fully saturated rings. The van der Waals surface area contributed by atoms with Crippen LogP contribution >= 0.6 is 11.3 Å². The van der Waals surface area contributed by atoms with Gasteiger partial charge in [-0.05, 0) is 90.5 Å². The topological polar surface area (TPSA) is 47.4 Å². The van der Waals surface area contributed by atoms with E-state index in [9.17, 15) is 4.79 Å². The summed E-state index contributed by atoms with van der Waals surface area (Å²) in [5.74, 6) is 0.858. The second-order valence-electron chi connectivity index (χ2n) is 8.38. The Morgan fingerprint density at radius 2 is 1.97 bits per heavy atom. The fourth-order valence-electron chi connectivity index (χ4n) is 4.00. The summed E-state index contributed by atoms with van der Waals surface area (Å²) in [5.41, 5.74) is 3.61. The van der Waals surface area contributed by atoms with Gasteiger partial charge in [0.05, 0.1) is 12.1 Å². The molecule has 1 aromatic carbocycles. The third-order valence-corrected chi connectivity index (χ3v) is 6.64. The molecule has 0 spiro atoms. The molecule has 0 unspecified atom stereocenters. The number of thiophene rings is 1. The number of nitrogens with zero attached hydrogens (tertiary/aromatic N) is 3. The summed E-state index contributed by atoms with van der Waals surface area (Å²) in [6, 6.07) is 15.8. The molecule has 6 heteroatoms. The Kier molecular flexibility index (Phi) is 8.28. The van der Waals surface area contributed by atoms with E-state index >= 15 is 0 Å². The maximum atomic E-state index is 11.8. The largest absolute Gasteiger partial charge is 0.494 e. The van der Waals surface area contributed by atoms with Gasteiger partial charge >= 0.3 is 0 Å². The summed E-state index contributed by atoms with van der Waals surface area (Å²) in [6.45, 7) is 3.83. The molecule has 5 nitrogen and oxygen atoms in total. The minimum atomic E-state index is 0.00430. The lowest BCUT2D eigenvalue weighted by molar-refractivity contribution is 0.254. The Labute approximate surface area is 199 Å². The smallest absolute Gasteiger partial charge is 0.250 e. The summed E-state index contributed by atoms with van der Waals surface area (Å²) in [5, 5.41) is 5.41. The zero-order valence-electron chi connectivity index (χ0n) is 19.2. The molecule has 3 aromatic heterocycles. The van der Waals surface area contributed by atoms with Gasteiger partial charge in [0, 0.05) is 44.0 Å². The Morgan fingerprint density at radius 3 is 2.79 bits per heavy atom. The second-order valence-corrected chi connectivity index (χ2v) is 9.16. The molecule has 0 aliphatic heterocycles. The van der Waals surface area contributed by atoms with E-state index in [1.54, 1.807) is 29.0 Å². The van der Waals surface area contributed by atoms with E-state index in [0.717, 1.165) is 62.0 Å². The van der Waals surface area contributed by atoms with Crippen molar-refractivity contribution < 1.29 is 4.74 Å². The van der Waals surface area contributed by atoms with Crippen molar-refractivity contribution in [2.75, 3.05) is 19.7 Å². The summed E-state index contributed by atoms with van der Waals surface area (Å²) in [4.78, 5) is 18.5. The molecule has 4 aromatic rings.